The molecule has 2 rings (SSSR count). The Balaban J connectivity index is 0.00000200. The highest BCUT2D eigenvalue weighted by atomic mass is 35.5. The standard InChI is InChI=1S/C15H21NO3.ClH/c1-10(16-9-12-3-2-4-14(12)18)15(19)11-5-7-13(17)8-6-11;/h5-8,10,12,15-17,19H,2-4,9H2,1H3;1H. The van der Waals surface area contributed by atoms with E-state index in [9.17, 15) is 15.0 Å². The van der Waals surface area contributed by atoms with Crippen LogP contribution in [0.2, 0.25) is 0 Å². The number of benzene rings is 1. The normalized spacial score (nSPS) is 21.3. The van der Waals surface area contributed by atoms with E-state index in [1.807, 2.05) is 12.2 Å². The maximum absolute atomic E-state index is 11.6. The quantitative estimate of drug-likeness (QED) is 0.575. The molecule has 1 fully saturated rings. The predicted molar refractivity (Wildman–Crippen MR) is 71.7 cm³/mol. The number of phenols is 1. The number of hydrogen-bond acceptors (Lipinski definition) is 3. The van der Waals surface area contributed by atoms with E-state index < -0.39 is 6.10 Å². The molecule has 5 heteroatoms. The van der Waals surface area contributed by atoms with Crippen LogP contribution in [0.5, 0.6) is 5.75 Å². The molecule has 3 unspecified atom stereocenters. The summed E-state index contributed by atoms with van der Waals surface area (Å²) in [5.74, 6) is 0.723. The first-order chi connectivity index (χ1) is 9.08. The number of halogens is 1. The summed E-state index contributed by atoms with van der Waals surface area (Å²) in [7, 11) is 0. The van der Waals surface area contributed by atoms with Gasteiger partial charge >= 0.3 is 0 Å². The van der Waals surface area contributed by atoms with Gasteiger partial charge in [0.15, 0.2) is 0 Å². The molecule has 0 spiro atoms. The maximum Gasteiger partial charge on any atom is 0.141 e. The Bertz CT molecular complexity index is 435. The van der Waals surface area contributed by atoms with Gasteiger partial charge in [0.05, 0.1) is 12.5 Å². The SMILES string of the molecule is CC([NH2+]CC1CCCC1=O)C(O)c1ccc(O)cc1.[Cl-]. The Labute approximate surface area is 125 Å². The molecular formula is C15H22ClNO3. The van der Waals surface area contributed by atoms with Gasteiger partial charge in [-0.25, -0.2) is 0 Å². The van der Waals surface area contributed by atoms with Crippen LogP contribution in [0.4, 0.5) is 0 Å². The predicted octanol–water partition coefficient (Wildman–Crippen LogP) is -2.25. The number of quaternary nitrogens is 1. The zero-order valence-corrected chi connectivity index (χ0v) is 12.4. The maximum atomic E-state index is 11.6. The van der Waals surface area contributed by atoms with Crippen molar-refractivity contribution < 1.29 is 32.7 Å². The van der Waals surface area contributed by atoms with Crippen molar-refractivity contribution in [3.8, 4) is 5.75 Å². The van der Waals surface area contributed by atoms with Gasteiger partial charge in [0, 0.05) is 6.42 Å². The number of phenolic OH excluding ortho intramolecular Hbond substituents is 1. The first-order valence-corrected chi connectivity index (χ1v) is 6.91. The van der Waals surface area contributed by atoms with Crippen LogP contribution in [0, 0.1) is 5.92 Å². The van der Waals surface area contributed by atoms with Gasteiger partial charge in [-0.2, -0.15) is 0 Å². The van der Waals surface area contributed by atoms with Crippen LogP contribution < -0.4 is 17.7 Å². The van der Waals surface area contributed by atoms with Gasteiger partial charge in [-0.05, 0) is 37.5 Å². The fourth-order valence-corrected chi connectivity index (χ4v) is 2.62. The summed E-state index contributed by atoms with van der Waals surface area (Å²) in [6.07, 6.45) is 2.12. The van der Waals surface area contributed by atoms with Crippen molar-refractivity contribution in [1.82, 2.24) is 0 Å². The van der Waals surface area contributed by atoms with Crippen LogP contribution in [-0.4, -0.2) is 28.6 Å². The summed E-state index contributed by atoms with van der Waals surface area (Å²) in [6, 6.07) is 6.60. The fraction of sp³-hybridized carbons (Fsp3) is 0.533. The number of aromatic hydroxyl groups is 1. The second-order valence-corrected chi connectivity index (χ2v) is 5.42. The van der Waals surface area contributed by atoms with E-state index >= 15 is 0 Å². The van der Waals surface area contributed by atoms with Crippen molar-refractivity contribution in [3.05, 3.63) is 29.8 Å². The minimum Gasteiger partial charge on any atom is -1.00 e. The van der Waals surface area contributed by atoms with Crippen LogP contribution in [0.25, 0.3) is 0 Å². The molecular weight excluding hydrogens is 278 g/mol. The first kappa shape index (κ1) is 17.0. The molecule has 112 valence electrons. The molecule has 20 heavy (non-hydrogen) atoms. The summed E-state index contributed by atoms with van der Waals surface area (Å²) in [6.45, 7) is 2.71. The third-order valence-electron chi connectivity index (χ3n) is 3.96. The minimum absolute atomic E-state index is 0. The van der Waals surface area contributed by atoms with E-state index in [0.717, 1.165) is 24.9 Å². The molecule has 0 aromatic heterocycles. The molecule has 1 aromatic carbocycles. The van der Waals surface area contributed by atoms with Crippen molar-refractivity contribution in [3.63, 3.8) is 0 Å². The Kier molecular flexibility index (Phi) is 6.46. The highest BCUT2D eigenvalue weighted by Gasteiger charge is 2.28. The molecule has 0 heterocycles. The molecule has 1 aliphatic carbocycles. The summed E-state index contributed by atoms with van der Waals surface area (Å²) in [4.78, 5) is 11.6. The molecule has 0 radical (unpaired) electrons. The second kappa shape index (κ2) is 7.62. The number of hydrogen-bond donors (Lipinski definition) is 3. The molecule has 1 saturated carbocycles. The average molecular weight is 300 g/mol. The van der Waals surface area contributed by atoms with Crippen LogP contribution in [0.3, 0.4) is 0 Å². The lowest BCUT2D eigenvalue weighted by atomic mass is 10.0. The second-order valence-electron chi connectivity index (χ2n) is 5.42. The van der Waals surface area contributed by atoms with E-state index in [-0.39, 0.29) is 30.1 Å². The molecule has 0 bridgehead atoms. The lowest BCUT2D eigenvalue weighted by molar-refractivity contribution is -0.697. The van der Waals surface area contributed by atoms with Crippen LogP contribution in [0.1, 0.15) is 37.9 Å². The Morgan fingerprint density at radius 1 is 1.35 bits per heavy atom. The molecule has 0 saturated heterocycles. The zero-order chi connectivity index (χ0) is 13.8. The summed E-state index contributed by atoms with van der Waals surface area (Å²) in [5, 5.41) is 21.5. The van der Waals surface area contributed by atoms with Crippen molar-refractivity contribution in [2.75, 3.05) is 6.54 Å². The summed E-state index contributed by atoms with van der Waals surface area (Å²) in [5.41, 5.74) is 0.791. The van der Waals surface area contributed by atoms with Crippen LogP contribution >= 0.6 is 0 Å². The lowest BCUT2D eigenvalue weighted by Gasteiger charge is -2.19. The van der Waals surface area contributed by atoms with E-state index in [4.69, 9.17) is 0 Å². The minimum atomic E-state index is -0.586. The number of Topliss-reactive ketones (excluding diaryl/α,β-unsaturated/α-hetero) is 1. The first-order valence-electron chi connectivity index (χ1n) is 6.91. The van der Waals surface area contributed by atoms with Gasteiger partial charge < -0.3 is 27.9 Å². The van der Waals surface area contributed by atoms with E-state index in [1.165, 1.54) is 0 Å². The summed E-state index contributed by atoms with van der Waals surface area (Å²) < 4.78 is 0. The van der Waals surface area contributed by atoms with Crippen LogP contribution in [-0.2, 0) is 4.79 Å². The monoisotopic (exact) mass is 299 g/mol. The molecule has 1 aliphatic rings. The summed E-state index contributed by atoms with van der Waals surface area (Å²) >= 11 is 0. The molecule has 3 atom stereocenters. The number of rotatable bonds is 5. The van der Waals surface area contributed by atoms with Gasteiger partial charge in [-0.15, -0.1) is 0 Å². The fourth-order valence-electron chi connectivity index (χ4n) is 2.62. The Morgan fingerprint density at radius 2 is 2.00 bits per heavy atom. The third kappa shape index (κ3) is 4.20. The smallest absolute Gasteiger partial charge is 0.141 e. The molecule has 1 aromatic rings. The van der Waals surface area contributed by atoms with Crippen molar-refractivity contribution in [2.24, 2.45) is 5.92 Å². The van der Waals surface area contributed by atoms with E-state index in [2.05, 4.69) is 0 Å². The van der Waals surface area contributed by atoms with Gasteiger partial charge in [0.2, 0.25) is 0 Å². The number of nitrogens with two attached hydrogens (primary N) is 1. The number of aliphatic hydroxyl groups excluding tert-OH is 1. The molecule has 4 nitrogen and oxygen atoms in total. The zero-order valence-electron chi connectivity index (χ0n) is 11.6. The molecule has 0 amide bonds. The number of aliphatic hydroxyl groups is 1. The Morgan fingerprint density at radius 3 is 2.55 bits per heavy atom. The van der Waals surface area contributed by atoms with E-state index in [1.54, 1.807) is 24.3 Å². The van der Waals surface area contributed by atoms with E-state index in [0.29, 0.717) is 12.2 Å². The average Bonchev–Trinajstić information content (AvgIpc) is 2.81. The van der Waals surface area contributed by atoms with Crippen molar-refractivity contribution >= 4 is 5.78 Å². The number of ketones is 1. The molecule has 0 aliphatic heterocycles. The van der Waals surface area contributed by atoms with Crippen LogP contribution in [0.15, 0.2) is 24.3 Å². The highest BCUT2D eigenvalue weighted by Crippen LogP contribution is 2.20. The van der Waals surface area contributed by atoms with Gasteiger partial charge in [-0.3, -0.25) is 4.79 Å². The number of carbonyl (C=O) groups is 1. The third-order valence-corrected chi connectivity index (χ3v) is 3.96. The highest BCUT2D eigenvalue weighted by molar-refractivity contribution is 5.82. The Hall–Kier alpha value is -1.10. The lowest BCUT2D eigenvalue weighted by Crippen LogP contribution is -3.00. The van der Waals surface area contributed by atoms with Gasteiger partial charge in [0.1, 0.15) is 23.7 Å². The van der Waals surface area contributed by atoms with Crippen molar-refractivity contribution in [1.29, 1.82) is 0 Å². The van der Waals surface area contributed by atoms with Crippen molar-refractivity contribution in [2.45, 2.75) is 38.3 Å². The molecule has 4 N–H and O–H groups in total. The van der Waals surface area contributed by atoms with Gasteiger partial charge in [-0.1, -0.05) is 12.1 Å². The topological polar surface area (TPSA) is 74.1 Å². The number of carbonyl (C=O) groups excluding carboxylic acids is 1. The van der Waals surface area contributed by atoms with Gasteiger partial charge in [0.25, 0.3) is 0 Å². The largest absolute Gasteiger partial charge is 1.00 e.